The lowest BCUT2D eigenvalue weighted by molar-refractivity contribution is 1.24. The summed E-state index contributed by atoms with van der Waals surface area (Å²) in [4.78, 5) is 10.1. The summed E-state index contributed by atoms with van der Waals surface area (Å²) in [5, 5.41) is 8.30. The molecule has 1 aliphatic heterocycles. The van der Waals surface area contributed by atoms with Crippen molar-refractivity contribution < 1.29 is 0 Å². The molecule has 1 aromatic heterocycles. The number of pyridine rings is 1. The molecule has 1 aromatic carbocycles. The molecule has 26 heavy (non-hydrogen) atoms. The molecule has 2 heterocycles. The first kappa shape index (κ1) is 18.1. The molecule has 5 heteroatoms. The van der Waals surface area contributed by atoms with Crippen LogP contribution >= 0.6 is 11.8 Å². The number of nitrogens with two attached hydrogens (primary N) is 1. The number of anilines is 1. The third-order valence-electron chi connectivity index (χ3n) is 4.11. The summed E-state index contributed by atoms with van der Waals surface area (Å²) < 4.78 is 0. The van der Waals surface area contributed by atoms with Crippen molar-refractivity contribution in [3.05, 3.63) is 71.2 Å². The van der Waals surface area contributed by atoms with Crippen molar-refractivity contribution in [1.82, 2.24) is 4.98 Å². The molecule has 4 nitrogen and oxygen atoms in total. The van der Waals surface area contributed by atoms with E-state index in [1.807, 2.05) is 61.2 Å². The van der Waals surface area contributed by atoms with Crippen LogP contribution in [-0.4, -0.2) is 22.2 Å². The number of hydrogen-bond acceptors (Lipinski definition) is 5. The number of hydrogen-bond donors (Lipinski definition) is 2. The Morgan fingerprint density at radius 3 is 2.81 bits per heavy atom. The fourth-order valence-electron chi connectivity index (χ4n) is 2.77. The highest BCUT2D eigenvalue weighted by Crippen LogP contribution is 2.35. The third kappa shape index (κ3) is 4.29. The first-order valence-corrected chi connectivity index (χ1v) is 9.49. The van der Waals surface area contributed by atoms with Gasteiger partial charge in [-0.05, 0) is 56.2 Å². The van der Waals surface area contributed by atoms with Crippen LogP contribution in [0.2, 0.25) is 0 Å². The second kappa shape index (κ2) is 8.15. The van der Waals surface area contributed by atoms with Gasteiger partial charge in [-0.3, -0.25) is 9.98 Å². The molecule has 3 N–H and O–H groups in total. The molecule has 0 atom stereocenters. The molecule has 0 amide bonds. The summed E-state index contributed by atoms with van der Waals surface area (Å²) in [5.74, 6) is 1.02. The van der Waals surface area contributed by atoms with Gasteiger partial charge in [-0.1, -0.05) is 18.2 Å². The Morgan fingerprint density at radius 1 is 1.23 bits per heavy atom. The number of aliphatic imine (C=N–C) groups is 1. The quantitative estimate of drug-likeness (QED) is 0.591. The smallest absolute Gasteiger partial charge is 0.0633 e. The maximum absolute atomic E-state index is 8.30. The highest BCUT2D eigenvalue weighted by atomic mass is 32.2. The van der Waals surface area contributed by atoms with E-state index < -0.39 is 0 Å². The van der Waals surface area contributed by atoms with Gasteiger partial charge in [0.2, 0.25) is 0 Å². The lowest BCUT2D eigenvalue weighted by Crippen LogP contribution is -2.02. The number of thioether (sulfide) groups is 1. The lowest BCUT2D eigenvalue weighted by atomic mass is 10.0. The largest absolute Gasteiger partial charge is 0.398 e. The van der Waals surface area contributed by atoms with Crippen LogP contribution in [0, 0.1) is 5.41 Å². The van der Waals surface area contributed by atoms with Crippen LogP contribution in [0.1, 0.15) is 37.1 Å². The van der Waals surface area contributed by atoms with E-state index in [4.69, 9.17) is 11.1 Å². The zero-order chi connectivity index (χ0) is 18.5. The van der Waals surface area contributed by atoms with Gasteiger partial charge in [-0.2, -0.15) is 0 Å². The molecule has 132 valence electrons. The van der Waals surface area contributed by atoms with Crippen LogP contribution in [0.25, 0.3) is 11.0 Å². The van der Waals surface area contributed by atoms with Crippen LogP contribution < -0.4 is 5.73 Å². The molecule has 0 saturated heterocycles. The number of rotatable bonds is 4. The van der Waals surface area contributed by atoms with Gasteiger partial charge in [0.15, 0.2) is 0 Å². The van der Waals surface area contributed by atoms with Crippen molar-refractivity contribution >= 4 is 39.9 Å². The zero-order valence-corrected chi connectivity index (χ0v) is 15.8. The molecule has 0 bridgehead atoms. The number of aromatic nitrogens is 1. The van der Waals surface area contributed by atoms with Crippen molar-refractivity contribution in [3.8, 4) is 0 Å². The molecule has 0 fully saturated rings. The van der Waals surface area contributed by atoms with Gasteiger partial charge in [0, 0.05) is 33.8 Å². The van der Waals surface area contributed by atoms with Gasteiger partial charge in [-0.15, -0.1) is 11.8 Å². The summed E-state index contributed by atoms with van der Waals surface area (Å²) in [6, 6.07) is 11.6. The highest BCUT2D eigenvalue weighted by Gasteiger charge is 2.13. The molecule has 2 aromatic rings. The van der Waals surface area contributed by atoms with Crippen molar-refractivity contribution in [2.75, 3.05) is 11.5 Å². The maximum Gasteiger partial charge on any atom is 0.0633 e. The fourth-order valence-corrected chi connectivity index (χ4v) is 3.92. The summed E-state index contributed by atoms with van der Waals surface area (Å²) >= 11 is 1.81. The molecule has 0 radical (unpaired) electrons. The predicted octanol–water partition coefficient (Wildman–Crippen LogP) is 5.03. The van der Waals surface area contributed by atoms with Gasteiger partial charge in [0.25, 0.3) is 0 Å². The van der Waals surface area contributed by atoms with Crippen molar-refractivity contribution in [2.45, 2.75) is 20.3 Å². The van der Waals surface area contributed by atoms with Crippen LogP contribution in [0.5, 0.6) is 0 Å². The second-order valence-corrected chi connectivity index (χ2v) is 7.27. The average Bonchev–Trinajstić information content (AvgIpc) is 2.80. The van der Waals surface area contributed by atoms with Gasteiger partial charge in [0.1, 0.15) is 0 Å². The Balaban J connectivity index is 1.85. The summed E-state index contributed by atoms with van der Waals surface area (Å²) in [6.07, 6.45) is 6.28. The van der Waals surface area contributed by atoms with E-state index in [-0.39, 0.29) is 0 Å². The minimum Gasteiger partial charge on any atom is -0.398 e. The average molecular weight is 363 g/mol. The van der Waals surface area contributed by atoms with E-state index in [1.165, 1.54) is 0 Å². The Bertz CT molecular complexity index is 911. The van der Waals surface area contributed by atoms with Gasteiger partial charge >= 0.3 is 0 Å². The first-order chi connectivity index (χ1) is 12.5. The van der Waals surface area contributed by atoms with Crippen molar-refractivity contribution in [2.24, 2.45) is 4.99 Å². The van der Waals surface area contributed by atoms with Crippen LogP contribution in [0.15, 0.2) is 59.4 Å². The van der Waals surface area contributed by atoms with Gasteiger partial charge < -0.3 is 11.1 Å². The van der Waals surface area contributed by atoms with Gasteiger partial charge in [0.05, 0.1) is 17.1 Å². The standard InChI is InChI=1S/C21H22N4S/c1-14-10-12-26-21(15(2)25-14)16-6-8-18(20(23)13-16)19(22)9-7-17-5-3-4-11-24-17/h3-9,11,13,22H,10,12,23H2,1-2H3/b9-7+,22-19?. The molecule has 0 saturated carbocycles. The number of allylic oxidation sites excluding steroid dienone is 2. The monoisotopic (exact) mass is 362 g/mol. The van der Waals surface area contributed by atoms with Crippen LogP contribution in [-0.2, 0) is 0 Å². The molecule has 0 spiro atoms. The molecular weight excluding hydrogens is 340 g/mol. The summed E-state index contributed by atoms with van der Waals surface area (Å²) in [5.41, 5.74) is 12.0. The van der Waals surface area contributed by atoms with E-state index in [9.17, 15) is 0 Å². The van der Waals surface area contributed by atoms with Crippen LogP contribution in [0.4, 0.5) is 5.69 Å². The predicted molar refractivity (Wildman–Crippen MR) is 114 cm³/mol. The fraction of sp³-hybridized carbons (Fsp3) is 0.190. The van der Waals surface area contributed by atoms with Crippen molar-refractivity contribution in [3.63, 3.8) is 0 Å². The molecule has 0 aliphatic carbocycles. The van der Waals surface area contributed by atoms with E-state index in [2.05, 4.69) is 16.9 Å². The van der Waals surface area contributed by atoms with Crippen LogP contribution in [0.3, 0.4) is 0 Å². The molecule has 0 unspecified atom stereocenters. The van der Waals surface area contributed by atoms with Crippen molar-refractivity contribution in [1.29, 1.82) is 5.41 Å². The normalized spacial score (nSPS) is 15.1. The number of benzene rings is 1. The Labute approximate surface area is 158 Å². The molecule has 3 rings (SSSR count). The minimum atomic E-state index is 0.368. The van der Waals surface area contributed by atoms with E-state index in [0.29, 0.717) is 11.4 Å². The highest BCUT2D eigenvalue weighted by molar-refractivity contribution is 8.08. The topological polar surface area (TPSA) is 75.1 Å². The number of nitrogens with zero attached hydrogens (tertiary/aromatic N) is 2. The lowest BCUT2D eigenvalue weighted by Gasteiger charge is -2.11. The Kier molecular flexibility index (Phi) is 5.68. The number of nitrogen functional groups attached to an aromatic ring is 1. The SMILES string of the molecule is CC1=NC(C)=C(c2ccc(C(=N)/C=C/c3ccccn3)c(N)c2)SCC1. The minimum absolute atomic E-state index is 0.368. The summed E-state index contributed by atoms with van der Waals surface area (Å²) in [6.45, 7) is 4.11. The second-order valence-electron chi connectivity index (χ2n) is 6.16. The summed E-state index contributed by atoms with van der Waals surface area (Å²) in [7, 11) is 0. The van der Waals surface area contributed by atoms with Gasteiger partial charge in [-0.25, -0.2) is 0 Å². The van der Waals surface area contributed by atoms with E-state index >= 15 is 0 Å². The first-order valence-electron chi connectivity index (χ1n) is 8.50. The Hall–Kier alpha value is -2.66. The van der Waals surface area contributed by atoms with E-state index in [0.717, 1.165) is 45.3 Å². The molecule has 1 aliphatic rings. The zero-order valence-electron chi connectivity index (χ0n) is 15.0. The maximum atomic E-state index is 8.30. The Morgan fingerprint density at radius 2 is 2.08 bits per heavy atom. The van der Waals surface area contributed by atoms with E-state index in [1.54, 1.807) is 12.3 Å². The molecular formula is C21H22N4S. The third-order valence-corrected chi connectivity index (χ3v) is 5.34. The number of nitrogens with one attached hydrogen (secondary N) is 1.